The summed E-state index contributed by atoms with van der Waals surface area (Å²) in [6, 6.07) is 4.66. The fourth-order valence-electron chi connectivity index (χ4n) is 1.28. The molecule has 1 rings (SSSR count). The van der Waals surface area contributed by atoms with Crippen molar-refractivity contribution in [1.82, 2.24) is 5.32 Å². The van der Waals surface area contributed by atoms with E-state index in [2.05, 4.69) is 11.9 Å². The molecule has 1 aromatic carbocycles. The Bertz CT molecular complexity index is 448. The second kappa shape index (κ2) is 6.88. The molecular weight excluding hydrogens is 258 g/mol. The summed E-state index contributed by atoms with van der Waals surface area (Å²) in [5, 5.41) is 11.1. The van der Waals surface area contributed by atoms with Crippen LogP contribution < -0.4 is 14.8 Å². The van der Waals surface area contributed by atoms with Crippen LogP contribution in [0.3, 0.4) is 0 Å². The summed E-state index contributed by atoms with van der Waals surface area (Å²) in [6.07, 6.45) is 0. The minimum atomic E-state index is -0.387. The highest BCUT2D eigenvalue weighted by Crippen LogP contribution is 2.28. The average molecular weight is 272 g/mol. The van der Waals surface area contributed by atoms with Gasteiger partial charge in [-0.15, -0.1) is 0 Å². The fourth-order valence-corrected chi connectivity index (χ4v) is 1.36. The summed E-state index contributed by atoms with van der Waals surface area (Å²) in [4.78, 5) is 11.7. The third-order valence-electron chi connectivity index (χ3n) is 2.02. The van der Waals surface area contributed by atoms with Gasteiger partial charge in [0.2, 0.25) is 0 Å². The Morgan fingerprint density at radius 3 is 2.78 bits per heavy atom. The van der Waals surface area contributed by atoms with Gasteiger partial charge in [0.25, 0.3) is 5.91 Å². The molecule has 0 saturated carbocycles. The Balaban J connectivity index is 2.90. The van der Waals surface area contributed by atoms with Crippen LogP contribution in [0, 0.1) is 0 Å². The number of carbonyl (C=O) groups excluding carboxylic acids is 1. The molecular formula is C12H14ClNO4. The summed E-state index contributed by atoms with van der Waals surface area (Å²) >= 11 is 5.49. The molecule has 0 aromatic heterocycles. The molecule has 0 aliphatic carbocycles. The zero-order valence-electron chi connectivity index (χ0n) is 9.90. The number of ether oxygens (including phenoxy) is 2. The van der Waals surface area contributed by atoms with Crippen LogP contribution in [0.2, 0.25) is 0 Å². The number of amides is 1. The normalized spacial score (nSPS) is 9.72. The summed E-state index contributed by atoms with van der Waals surface area (Å²) in [5.41, 5.74) is 0.366. The standard InChI is InChI=1S/C12H14ClNO4/c1-8(13)14-12(16)9-3-4-10(18-6-5-15)11(7-9)17-2/h3-4,7,15H,1,5-6H2,2H3,(H,14,16). The van der Waals surface area contributed by atoms with Crippen molar-refractivity contribution in [3.05, 3.63) is 35.5 Å². The molecule has 2 N–H and O–H groups in total. The van der Waals surface area contributed by atoms with Gasteiger partial charge in [-0.25, -0.2) is 0 Å². The maximum absolute atomic E-state index is 11.7. The quantitative estimate of drug-likeness (QED) is 0.770. The van der Waals surface area contributed by atoms with E-state index in [-0.39, 0.29) is 24.3 Å². The van der Waals surface area contributed by atoms with Gasteiger partial charge >= 0.3 is 0 Å². The second-order valence-electron chi connectivity index (χ2n) is 3.30. The van der Waals surface area contributed by atoms with Crippen LogP contribution >= 0.6 is 11.6 Å². The maximum atomic E-state index is 11.7. The molecule has 0 aliphatic rings. The third-order valence-corrected chi connectivity index (χ3v) is 2.12. The van der Waals surface area contributed by atoms with Crippen LogP contribution in [0.4, 0.5) is 0 Å². The molecule has 0 bridgehead atoms. The van der Waals surface area contributed by atoms with Crippen molar-refractivity contribution in [2.24, 2.45) is 0 Å². The molecule has 1 amide bonds. The summed E-state index contributed by atoms with van der Waals surface area (Å²) in [5.74, 6) is 0.464. The topological polar surface area (TPSA) is 67.8 Å². The fraction of sp³-hybridized carbons (Fsp3) is 0.250. The van der Waals surface area contributed by atoms with E-state index in [1.165, 1.54) is 13.2 Å². The average Bonchev–Trinajstić information content (AvgIpc) is 2.35. The van der Waals surface area contributed by atoms with E-state index >= 15 is 0 Å². The summed E-state index contributed by atoms with van der Waals surface area (Å²) in [7, 11) is 1.46. The molecule has 0 atom stereocenters. The number of aliphatic hydroxyl groups excluding tert-OH is 1. The van der Waals surface area contributed by atoms with E-state index in [4.69, 9.17) is 26.2 Å². The molecule has 0 heterocycles. The minimum absolute atomic E-state index is 0.0413. The number of carbonyl (C=O) groups is 1. The number of nitrogens with one attached hydrogen (secondary N) is 1. The van der Waals surface area contributed by atoms with Gasteiger partial charge < -0.3 is 19.9 Å². The highest BCUT2D eigenvalue weighted by Gasteiger charge is 2.11. The first-order chi connectivity index (χ1) is 8.58. The Morgan fingerprint density at radius 2 is 2.22 bits per heavy atom. The first-order valence-corrected chi connectivity index (χ1v) is 5.53. The largest absolute Gasteiger partial charge is 0.493 e. The van der Waals surface area contributed by atoms with Crippen molar-refractivity contribution in [3.63, 3.8) is 0 Å². The third kappa shape index (κ3) is 3.94. The Labute approximate surface area is 110 Å². The van der Waals surface area contributed by atoms with Gasteiger partial charge in [-0.05, 0) is 18.2 Å². The first-order valence-electron chi connectivity index (χ1n) is 5.16. The van der Waals surface area contributed by atoms with Crippen LogP contribution in [0.1, 0.15) is 10.4 Å². The highest BCUT2D eigenvalue weighted by molar-refractivity contribution is 6.30. The van der Waals surface area contributed by atoms with E-state index in [0.717, 1.165) is 0 Å². The van der Waals surface area contributed by atoms with E-state index in [1.807, 2.05) is 0 Å². The zero-order chi connectivity index (χ0) is 13.5. The number of hydrogen-bond donors (Lipinski definition) is 2. The molecule has 1 aromatic rings. The van der Waals surface area contributed by atoms with Crippen LogP contribution in [0.15, 0.2) is 29.9 Å². The van der Waals surface area contributed by atoms with Crippen LogP contribution in [-0.2, 0) is 0 Å². The lowest BCUT2D eigenvalue weighted by Gasteiger charge is -2.11. The number of benzene rings is 1. The molecule has 0 unspecified atom stereocenters. The van der Waals surface area contributed by atoms with Crippen LogP contribution in [-0.4, -0.2) is 31.3 Å². The lowest BCUT2D eigenvalue weighted by molar-refractivity contribution is 0.0968. The van der Waals surface area contributed by atoms with Crippen molar-refractivity contribution in [1.29, 1.82) is 0 Å². The molecule has 0 spiro atoms. The molecule has 6 heteroatoms. The van der Waals surface area contributed by atoms with Crippen molar-refractivity contribution in [2.75, 3.05) is 20.3 Å². The van der Waals surface area contributed by atoms with Gasteiger partial charge in [-0.3, -0.25) is 4.79 Å². The van der Waals surface area contributed by atoms with E-state index in [9.17, 15) is 4.79 Å². The summed E-state index contributed by atoms with van der Waals surface area (Å²) in [6.45, 7) is 3.42. The SMILES string of the molecule is C=C(Cl)NC(=O)c1ccc(OCCO)c(OC)c1. The number of rotatable bonds is 6. The molecule has 18 heavy (non-hydrogen) atoms. The lowest BCUT2D eigenvalue weighted by Crippen LogP contribution is -2.19. The van der Waals surface area contributed by atoms with Crippen molar-refractivity contribution in [2.45, 2.75) is 0 Å². The lowest BCUT2D eigenvalue weighted by atomic mass is 10.2. The molecule has 0 radical (unpaired) electrons. The van der Waals surface area contributed by atoms with E-state index in [1.54, 1.807) is 12.1 Å². The number of methoxy groups -OCH3 is 1. The minimum Gasteiger partial charge on any atom is -0.493 e. The smallest absolute Gasteiger partial charge is 0.256 e. The zero-order valence-corrected chi connectivity index (χ0v) is 10.7. The predicted molar refractivity (Wildman–Crippen MR) is 68.0 cm³/mol. The van der Waals surface area contributed by atoms with E-state index < -0.39 is 0 Å². The van der Waals surface area contributed by atoms with Gasteiger partial charge in [0.15, 0.2) is 11.5 Å². The maximum Gasteiger partial charge on any atom is 0.256 e. The predicted octanol–water partition coefficient (Wildman–Crippen LogP) is 1.51. The molecule has 98 valence electrons. The Kier molecular flexibility index (Phi) is 5.48. The molecule has 0 aliphatic heterocycles. The summed E-state index contributed by atoms with van der Waals surface area (Å²) < 4.78 is 10.3. The molecule has 5 nitrogen and oxygen atoms in total. The van der Waals surface area contributed by atoms with Gasteiger partial charge in [-0.1, -0.05) is 18.2 Å². The Hall–Kier alpha value is -1.72. The van der Waals surface area contributed by atoms with Crippen molar-refractivity contribution < 1.29 is 19.4 Å². The number of hydrogen-bond acceptors (Lipinski definition) is 4. The second-order valence-corrected chi connectivity index (χ2v) is 3.75. The van der Waals surface area contributed by atoms with Gasteiger partial charge in [0.05, 0.1) is 13.7 Å². The Morgan fingerprint density at radius 1 is 1.50 bits per heavy atom. The molecule has 0 fully saturated rings. The van der Waals surface area contributed by atoms with Gasteiger partial charge in [0.1, 0.15) is 11.8 Å². The van der Waals surface area contributed by atoms with Crippen molar-refractivity contribution in [3.8, 4) is 11.5 Å². The van der Waals surface area contributed by atoms with Gasteiger partial charge in [0, 0.05) is 5.56 Å². The monoisotopic (exact) mass is 271 g/mol. The van der Waals surface area contributed by atoms with Gasteiger partial charge in [-0.2, -0.15) is 0 Å². The first kappa shape index (κ1) is 14.3. The molecule has 0 saturated heterocycles. The van der Waals surface area contributed by atoms with Crippen LogP contribution in [0.5, 0.6) is 11.5 Å². The van der Waals surface area contributed by atoms with E-state index in [0.29, 0.717) is 17.1 Å². The van der Waals surface area contributed by atoms with Crippen molar-refractivity contribution >= 4 is 17.5 Å². The highest BCUT2D eigenvalue weighted by atomic mass is 35.5. The number of halogens is 1. The van der Waals surface area contributed by atoms with Crippen LogP contribution in [0.25, 0.3) is 0 Å². The number of aliphatic hydroxyl groups is 1.